The predicted molar refractivity (Wildman–Crippen MR) is 137 cm³/mol. The molecule has 1 atom stereocenters. The average Bonchev–Trinajstić information content (AvgIpc) is 3.46. The highest BCUT2D eigenvalue weighted by Crippen LogP contribution is 2.44. The van der Waals surface area contributed by atoms with Gasteiger partial charge in [0.2, 0.25) is 0 Å². The molecule has 166 valence electrons. The third kappa shape index (κ3) is 5.48. The number of nitrogen functional groups attached to an aromatic ring is 1. The molecule has 4 rings (SSSR count). The van der Waals surface area contributed by atoms with E-state index >= 15 is 0 Å². The number of nitriles is 1. The number of pyridine rings is 1. The molecule has 0 saturated carbocycles. The standard InChI is InChI=1S/C22H20N3OS3.C2H5F/c1-26-29(13-6-5-11-23)22-20(24)19-16(15-8-3-2-4-9-15)14-17(25-21(19)28-22)18-10-7-12-27-18;1-2-3/h2-4,7-10,12,14H,5-6,13,24H2,1H3;2H2,1H3/q+1;. The van der Waals surface area contributed by atoms with Gasteiger partial charge in [-0.3, -0.25) is 4.39 Å². The highest BCUT2D eigenvalue weighted by molar-refractivity contribution is 7.94. The molecule has 0 saturated heterocycles. The first-order chi connectivity index (χ1) is 15.6. The molecule has 0 aliphatic carbocycles. The van der Waals surface area contributed by atoms with Gasteiger partial charge in [-0.15, -0.1) is 11.3 Å². The number of unbranched alkanes of at least 4 members (excludes halogenated alkanes) is 1. The second-order valence-electron chi connectivity index (χ2n) is 6.63. The van der Waals surface area contributed by atoms with Crippen molar-refractivity contribution in [2.75, 3.05) is 25.3 Å². The molecule has 1 unspecified atom stereocenters. The van der Waals surface area contributed by atoms with E-state index in [2.05, 4.69) is 35.7 Å². The summed E-state index contributed by atoms with van der Waals surface area (Å²) in [5.41, 5.74) is 10.6. The molecule has 8 heteroatoms. The first-order valence-corrected chi connectivity index (χ1v) is 13.2. The molecule has 0 fully saturated rings. The second kappa shape index (κ2) is 12.0. The summed E-state index contributed by atoms with van der Waals surface area (Å²) >= 11 is 2.85. The van der Waals surface area contributed by atoms with E-state index in [0.29, 0.717) is 6.42 Å². The normalized spacial score (nSPS) is 11.6. The summed E-state index contributed by atoms with van der Waals surface area (Å²) in [6.45, 7) is 1.21. The van der Waals surface area contributed by atoms with Gasteiger partial charge in [0.25, 0.3) is 4.21 Å². The third-order valence-corrected chi connectivity index (χ3v) is 8.84. The molecule has 0 amide bonds. The van der Waals surface area contributed by atoms with Crippen molar-refractivity contribution in [3.05, 3.63) is 53.9 Å². The maximum absolute atomic E-state index is 10.3. The molecule has 32 heavy (non-hydrogen) atoms. The quantitative estimate of drug-likeness (QED) is 0.223. The number of aromatic nitrogens is 1. The maximum Gasteiger partial charge on any atom is 0.269 e. The first-order valence-electron chi connectivity index (χ1n) is 10.1. The van der Waals surface area contributed by atoms with Gasteiger partial charge >= 0.3 is 0 Å². The Morgan fingerprint density at radius 1 is 1.22 bits per heavy atom. The Hall–Kier alpha value is -2.44. The van der Waals surface area contributed by atoms with Crippen molar-refractivity contribution in [2.45, 2.75) is 24.0 Å². The Bertz CT molecular complexity index is 1170. The van der Waals surface area contributed by atoms with E-state index in [9.17, 15) is 4.39 Å². The van der Waals surface area contributed by atoms with Crippen molar-refractivity contribution in [3.8, 4) is 27.8 Å². The van der Waals surface area contributed by atoms with Crippen molar-refractivity contribution in [1.82, 2.24) is 4.98 Å². The lowest BCUT2D eigenvalue weighted by molar-refractivity contribution is 0.472. The molecule has 2 N–H and O–H groups in total. The number of thiophene rings is 2. The number of nitrogens with zero attached hydrogens (tertiary/aromatic N) is 2. The lowest BCUT2D eigenvalue weighted by atomic mass is 10.0. The topological polar surface area (TPSA) is 71.9 Å². The summed E-state index contributed by atoms with van der Waals surface area (Å²) in [5.74, 6) is 0.791. The summed E-state index contributed by atoms with van der Waals surface area (Å²) in [6, 6.07) is 18.8. The molecule has 0 bridgehead atoms. The summed E-state index contributed by atoms with van der Waals surface area (Å²) in [7, 11) is 1.71. The Morgan fingerprint density at radius 3 is 2.59 bits per heavy atom. The van der Waals surface area contributed by atoms with Gasteiger partial charge in [-0.2, -0.15) is 9.44 Å². The van der Waals surface area contributed by atoms with Crippen LogP contribution in [0.3, 0.4) is 0 Å². The van der Waals surface area contributed by atoms with E-state index in [-0.39, 0.29) is 6.67 Å². The molecule has 1 aromatic carbocycles. The van der Waals surface area contributed by atoms with Crippen LogP contribution in [0.15, 0.2) is 58.1 Å². The SMILES string of the molecule is CCF.CO[S+](CCCC#N)c1sc2nc(-c3cccs3)cc(-c3ccccc3)c2c1N. The van der Waals surface area contributed by atoms with Crippen LogP contribution in [0.5, 0.6) is 0 Å². The minimum atomic E-state index is -0.444. The minimum absolute atomic E-state index is 0.250. The lowest BCUT2D eigenvalue weighted by Gasteiger charge is -2.07. The Morgan fingerprint density at radius 2 is 1.97 bits per heavy atom. The van der Waals surface area contributed by atoms with Gasteiger partial charge in [0.15, 0.2) is 11.2 Å². The number of fused-ring (bicyclic) bond motifs is 1. The molecular formula is C24H25FN3OS3+. The molecule has 4 aromatic rings. The molecule has 3 aromatic heterocycles. The molecule has 4 nitrogen and oxygen atoms in total. The number of nitrogens with two attached hydrogens (primary N) is 1. The summed E-state index contributed by atoms with van der Waals surface area (Å²) < 4.78 is 17.1. The Labute approximate surface area is 199 Å². The zero-order chi connectivity index (χ0) is 22.9. The molecule has 0 spiro atoms. The van der Waals surface area contributed by atoms with Crippen molar-refractivity contribution >= 4 is 49.8 Å². The van der Waals surface area contributed by atoms with Crippen LogP contribution >= 0.6 is 22.7 Å². The smallest absolute Gasteiger partial charge is 0.269 e. The van der Waals surface area contributed by atoms with Crippen molar-refractivity contribution in [2.24, 2.45) is 0 Å². The van der Waals surface area contributed by atoms with E-state index in [1.807, 2.05) is 24.3 Å². The minimum Gasteiger partial charge on any atom is -0.393 e. The van der Waals surface area contributed by atoms with Gasteiger partial charge in [0, 0.05) is 18.2 Å². The van der Waals surface area contributed by atoms with Crippen LogP contribution in [0.1, 0.15) is 19.8 Å². The molecule has 0 radical (unpaired) electrons. The number of hydrogen-bond acceptors (Lipinski definition) is 6. The Kier molecular flexibility index (Phi) is 9.06. The molecule has 3 heterocycles. The highest BCUT2D eigenvalue weighted by atomic mass is 32.2. The van der Waals surface area contributed by atoms with Gasteiger partial charge in [-0.25, -0.2) is 4.98 Å². The van der Waals surface area contributed by atoms with Crippen molar-refractivity contribution < 1.29 is 8.57 Å². The summed E-state index contributed by atoms with van der Waals surface area (Å²) in [5, 5.41) is 11.9. The van der Waals surface area contributed by atoms with Crippen LogP contribution in [0.4, 0.5) is 10.1 Å². The van der Waals surface area contributed by atoms with Gasteiger partial charge in [-0.1, -0.05) is 47.7 Å². The maximum atomic E-state index is 10.3. The zero-order valence-electron chi connectivity index (χ0n) is 18.0. The number of alkyl halides is 1. The molecule has 0 aliphatic heterocycles. The first kappa shape index (κ1) is 24.2. The van der Waals surface area contributed by atoms with Gasteiger partial charge < -0.3 is 5.73 Å². The second-order valence-corrected chi connectivity index (χ2v) is 10.7. The zero-order valence-corrected chi connectivity index (χ0v) is 20.5. The van der Waals surface area contributed by atoms with Crippen LogP contribution < -0.4 is 5.73 Å². The van der Waals surface area contributed by atoms with Gasteiger partial charge in [-0.05, 0) is 35.6 Å². The summed E-state index contributed by atoms with van der Waals surface area (Å²) in [4.78, 5) is 7.01. The average molecular weight is 487 g/mol. The van der Waals surface area contributed by atoms with Crippen LogP contribution in [-0.4, -0.2) is 24.5 Å². The van der Waals surface area contributed by atoms with E-state index in [4.69, 9.17) is 20.2 Å². The largest absolute Gasteiger partial charge is 0.393 e. The van der Waals surface area contributed by atoms with Crippen molar-refractivity contribution in [3.63, 3.8) is 0 Å². The van der Waals surface area contributed by atoms with Crippen LogP contribution in [0.2, 0.25) is 0 Å². The number of hydrogen-bond donors (Lipinski definition) is 1. The van der Waals surface area contributed by atoms with E-state index in [1.54, 1.807) is 29.8 Å². The fraction of sp³-hybridized carbons (Fsp3) is 0.250. The highest BCUT2D eigenvalue weighted by Gasteiger charge is 2.31. The van der Waals surface area contributed by atoms with Gasteiger partial charge in [0.1, 0.15) is 16.3 Å². The predicted octanol–water partition coefficient (Wildman–Crippen LogP) is 7.09. The van der Waals surface area contributed by atoms with Crippen LogP contribution in [0, 0.1) is 11.3 Å². The van der Waals surface area contributed by atoms with E-state index in [1.165, 1.54) is 6.92 Å². The monoisotopic (exact) mass is 486 g/mol. The molecular weight excluding hydrogens is 461 g/mol. The fourth-order valence-electron chi connectivity index (χ4n) is 3.20. The Balaban J connectivity index is 0.000000913. The number of rotatable bonds is 7. The lowest BCUT2D eigenvalue weighted by Crippen LogP contribution is -2.10. The summed E-state index contributed by atoms with van der Waals surface area (Å²) in [6.07, 6.45) is 1.31. The van der Waals surface area contributed by atoms with Gasteiger partial charge in [0.05, 0.1) is 30.4 Å². The van der Waals surface area contributed by atoms with E-state index in [0.717, 1.165) is 54.0 Å². The van der Waals surface area contributed by atoms with Crippen molar-refractivity contribution in [1.29, 1.82) is 5.26 Å². The fourth-order valence-corrected chi connectivity index (χ4v) is 7.06. The van der Waals surface area contributed by atoms with Crippen LogP contribution in [0.25, 0.3) is 31.9 Å². The number of benzene rings is 1. The molecule has 0 aliphatic rings. The van der Waals surface area contributed by atoms with Crippen LogP contribution in [-0.2, 0) is 15.4 Å². The van der Waals surface area contributed by atoms with E-state index < -0.39 is 11.2 Å². The third-order valence-electron chi connectivity index (χ3n) is 4.55. The number of halogens is 1. The number of anilines is 1.